The highest BCUT2D eigenvalue weighted by molar-refractivity contribution is 5.74. The summed E-state index contributed by atoms with van der Waals surface area (Å²) in [4.78, 5) is 13.9. The van der Waals surface area contributed by atoms with Crippen molar-refractivity contribution in [3.63, 3.8) is 0 Å². The number of carbonyl (C=O) groups is 1. The van der Waals surface area contributed by atoms with E-state index in [2.05, 4.69) is 4.98 Å². The number of rotatable bonds is 3. The molecule has 0 unspecified atom stereocenters. The molecule has 0 saturated carbocycles. The minimum Gasteiger partial charge on any atom is -0.369 e. The van der Waals surface area contributed by atoms with E-state index in [9.17, 15) is 40.6 Å². The number of pyridine rings is 1. The van der Waals surface area contributed by atoms with Gasteiger partial charge in [-0.1, -0.05) is 24.3 Å². The summed E-state index contributed by atoms with van der Waals surface area (Å²) >= 11 is 0. The van der Waals surface area contributed by atoms with E-state index in [0.717, 1.165) is 24.4 Å². The molecule has 0 radical (unpaired) electrons. The van der Waals surface area contributed by atoms with Gasteiger partial charge in [0.15, 0.2) is 12.1 Å². The average molecular weight is 367 g/mol. The third kappa shape index (κ3) is 3.21. The second-order valence-electron chi connectivity index (χ2n) is 4.99. The molecule has 1 heterocycles. The quantitative estimate of drug-likeness (QED) is 0.659. The summed E-state index contributed by atoms with van der Waals surface area (Å²) in [5.41, 5.74) is -6.90. The van der Waals surface area contributed by atoms with E-state index in [4.69, 9.17) is 0 Å². The van der Waals surface area contributed by atoms with Crippen molar-refractivity contribution in [3.05, 3.63) is 53.6 Å². The Labute approximate surface area is 135 Å². The van der Waals surface area contributed by atoms with E-state index in [1.807, 2.05) is 0 Å². The summed E-state index contributed by atoms with van der Waals surface area (Å²) in [6.07, 6.45) is -10.8. The minimum atomic E-state index is -5.99. The summed E-state index contributed by atoms with van der Waals surface area (Å²) < 4.78 is 90.2. The van der Waals surface area contributed by atoms with Crippen molar-refractivity contribution in [3.8, 4) is 11.1 Å². The van der Waals surface area contributed by atoms with Gasteiger partial charge in [-0.2, -0.15) is 26.3 Å². The van der Waals surface area contributed by atoms with Crippen LogP contribution >= 0.6 is 0 Å². The molecule has 0 saturated heterocycles. The standard InChI is InChI=1S/C15H8F7NO2/c16-11-5-9(6-23-12(11)7-24)8-1-3-10(4-2-8)13(25,14(17,18)19)15(20,21)22/h1-7,25H. The molecular weight excluding hydrogens is 359 g/mol. The largest absolute Gasteiger partial charge is 0.430 e. The number of hydrogen-bond donors (Lipinski definition) is 1. The van der Waals surface area contributed by atoms with E-state index in [0.29, 0.717) is 12.1 Å². The van der Waals surface area contributed by atoms with Gasteiger partial charge < -0.3 is 5.11 Å². The molecule has 2 aromatic rings. The highest BCUT2D eigenvalue weighted by Crippen LogP contribution is 2.50. The van der Waals surface area contributed by atoms with Crippen LogP contribution in [-0.4, -0.2) is 28.7 Å². The predicted octanol–water partition coefficient (Wildman–Crippen LogP) is 4.01. The summed E-state index contributed by atoms with van der Waals surface area (Å²) in [5, 5.41) is 9.27. The summed E-state index contributed by atoms with van der Waals surface area (Å²) in [5.74, 6) is -1.00. The summed E-state index contributed by atoms with van der Waals surface area (Å²) in [6.45, 7) is 0. The minimum absolute atomic E-state index is 0.0252. The topological polar surface area (TPSA) is 50.2 Å². The molecule has 0 fully saturated rings. The third-order valence-corrected chi connectivity index (χ3v) is 3.44. The molecule has 1 aromatic carbocycles. The first-order valence-corrected chi connectivity index (χ1v) is 6.49. The van der Waals surface area contributed by atoms with Gasteiger partial charge in [0.2, 0.25) is 0 Å². The van der Waals surface area contributed by atoms with Gasteiger partial charge in [-0.15, -0.1) is 0 Å². The summed E-state index contributed by atoms with van der Waals surface area (Å²) in [7, 11) is 0. The van der Waals surface area contributed by atoms with Gasteiger partial charge in [-0.3, -0.25) is 4.79 Å². The van der Waals surface area contributed by atoms with Crippen LogP contribution in [0.2, 0.25) is 0 Å². The van der Waals surface area contributed by atoms with E-state index >= 15 is 0 Å². The molecule has 3 nitrogen and oxygen atoms in total. The van der Waals surface area contributed by atoms with Gasteiger partial charge in [0, 0.05) is 17.3 Å². The SMILES string of the molecule is O=Cc1ncc(-c2ccc(C(O)(C(F)(F)F)C(F)(F)F)cc2)cc1F. The van der Waals surface area contributed by atoms with E-state index in [1.165, 1.54) is 0 Å². The molecule has 2 rings (SSSR count). The lowest BCUT2D eigenvalue weighted by Gasteiger charge is -2.32. The maximum atomic E-state index is 13.5. The third-order valence-electron chi connectivity index (χ3n) is 3.44. The maximum absolute atomic E-state index is 13.5. The zero-order chi connectivity index (χ0) is 19.0. The van der Waals surface area contributed by atoms with Crippen molar-refractivity contribution in [1.29, 1.82) is 0 Å². The number of carbonyl (C=O) groups excluding carboxylic acids is 1. The van der Waals surface area contributed by atoms with Crippen molar-refractivity contribution in [2.45, 2.75) is 18.0 Å². The molecule has 25 heavy (non-hydrogen) atoms. The van der Waals surface area contributed by atoms with Crippen LogP contribution in [0.5, 0.6) is 0 Å². The molecule has 0 amide bonds. The molecule has 0 aliphatic rings. The maximum Gasteiger partial charge on any atom is 0.430 e. The van der Waals surface area contributed by atoms with Gasteiger partial charge in [0.25, 0.3) is 5.60 Å². The Morgan fingerprint density at radius 3 is 1.84 bits per heavy atom. The molecule has 1 aromatic heterocycles. The first-order valence-electron chi connectivity index (χ1n) is 6.49. The van der Waals surface area contributed by atoms with Gasteiger partial charge in [-0.25, -0.2) is 9.37 Å². The van der Waals surface area contributed by atoms with Crippen molar-refractivity contribution >= 4 is 6.29 Å². The predicted molar refractivity (Wildman–Crippen MR) is 71.0 cm³/mol. The number of aldehydes is 1. The van der Waals surface area contributed by atoms with Gasteiger partial charge in [0.05, 0.1) is 0 Å². The van der Waals surface area contributed by atoms with Crippen LogP contribution in [0.25, 0.3) is 11.1 Å². The highest BCUT2D eigenvalue weighted by atomic mass is 19.4. The van der Waals surface area contributed by atoms with Crippen molar-refractivity contribution in [2.24, 2.45) is 0 Å². The molecule has 0 bridgehead atoms. The number of aliphatic hydroxyl groups is 1. The number of benzene rings is 1. The molecule has 0 aliphatic heterocycles. The first-order chi connectivity index (χ1) is 11.4. The number of nitrogens with zero attached hydrogens (tertiary/aromatic N) is 1. The molecule has 10 heteroatoms. The highest BCUT2D eigenvalue weighted by Gasteiger charge is 2.71. The van der Waals surface area contributed by atoms with Crippen LogP contribution in [-0.2, 0) is 5.60 Å². The molecular formula is C15H8F7NO2. The number of halogens is 7. The fraction of sp³-hybridized carbons (Fsp3) is 0.200. The lowest BCUT2D eigenvalue weighted by molar-refractivity contribution is -0.376. The smallest absolute Gasteiger partial charge is 0.369 e. The Hall–Kier alpha value is -2.49. The van der Waals surface area contributed by atoms with Crippen LogP contribution in [0.4, 0.5) is 30.7 Å². The number of alkyl halides is 6. The van der Waals surface area contributed by atoms with Crippen LogP contribution < -0.4 is 0 Å². The second kappa shape index (κ2) is 6.10. The molecule has 1 N–H and O–H groups in total. The van der Waals surface area contributed by atoms with Crippen molar-refractivity contribution < 1.29 is 40.6 Å². The van der Waals surface area contributed by atoms with E-state index < -0.39 is 35.0 Å². The molecule has 0 atom stereocenters. The molecule has 0 aliphatic carbocycles. The lowest BCUT2D eigenvalue weighted by Crippen LogP contribution is -2.53. The van der Waals surface area contributed by atoms with Gasteiger partial charge in [-0.05, 0) is 11.6 Å². The molecule has 134 valence electrons. The Morgan fingerprint density at radius 1 is 0.920 bits per heavy atom. The van der Waals surface area contributed by atoms with Gasteiger partial charge in [0.1, 0.15) is 5.69 Å². The monoisotopic (exact) mass is 367 g/mol. The van der Waals surface area contributed by atoms with E-state index in [1.54, 1.807) is 0 Å². The lowest BCUT2D eigenvalue weighted by atomic mass is 9.91. The zero-order valence-corrected chi connectivity index (χ0v) is 12.0. The Bertz CT molecular complexity index is 768. The Balaban J connectivity index is 2.49. The first kappa shape index (κ1) is 18.8. The van der Waals surface area contributed by atoms with E-state index in [-0.39, 0.29) is 17.4 Å². The van der Waals surface area contributed by atoms with Gasteiger partial charge >= 0.3 is 12.4 Å². The Kier molecular flexibility index (Phi) is 4.60. The zero-order valence-electron chi connectivity index (χ0n) is 12.0. The average Bonchev–Trinajstić information content (AvgIpc) is 2.52. The second-order valence-corrected chi connectivity index (χ2v) is 4.99. The van der Waals surface area contributed by atoms with Crippen LogP contribution in [0.1, 0.15) is 16.1 Å². The normalized spacial score (nSPS) is 13.0. The number of aromatic nitrogens is 1. The van der Waals surface area contributed by atoms with Crippen molar-refractivity contribution in [2.75, 3.05) is 0 Å². The summed E-state index contributed by atoms with van der Waals surface area (Å²) in [6, 6.07) is 3.40. The Morgan fingerprint density at radius 2 is 1.44 bits per heavy atom. The molecule has 0 spiro atoms. The fourth-order valence-electron chi connectivity index (χ4n) is 2.08. The number of hydrogen-bond acceptors (Lipinski definition) is 3. The van der Waals surface area contributed by atoms with Crippen molar-refractivity contribution in [1.82, 2.24) is 4.98 Å². The van der Waals surface area contributed by atoms with Crippen LogP contribution in [0.15, 0.2) is 36.5 Å². The van der Waals surface area contributed by atoms with Crippen LogP contribution in [0.3, 0.4) is 0 Å². The fourth-order valence-corrected chi connectivity index (χ4v) is 2.08. The van der Waals surface area contributed by atoms with Crippen LogP contribution in [0, 0.1) is 5.82 Å².